The molecule has 0 amide bonds. The van der Waals surface area contributed by atoms with Crippen LogP contribution in [-0.2, 0) is 20.7 Å². The minimum atomic E-state index is -3.86. The first-order valence-electron chi connectivity index (χ1n) is 19.1. The predicted molar refractivity (Wildman–Crippen MR) is 227 cm³/mol. The molecule has 0 unspecified atom stereocenters. The number of hydrogen-bond donors (Lipinski definition) is 0. The zero-order valence-corrected chi connectivity index (χ0v) is 32.4. The van der Waals surface area contributed by atoms with E-state index in [0.717, 1.165) is 78.3 Å². The maximum absolute atomic E-state index is 14.7. The number of fused-ring (bicyclic) bond motifs is 10. The number of para-hydroxylation sites is 3. The Kier molecular flexibility index (Phi) is 6.68. The van der Waals surface area contributed by atoms with E-state index >= 15 is 0 Å². The number of rotatable bonds is 2. The molecule has 0 aliphatic carbocycles. The van der Waals surface area contributed by atoms with Crippen molar-refractivity contribution in [3.63, 3.8) is 0 Å². The van der Waals surface area contributed by atoms with Gasteiger partial charge in [-0.05, 0) is 93.7 Å². The van der Waals surface area contributed by atoms with Crippen LogP contribution in [0, 0.1) is 0 Å². The lowest BCUT2D eigenvalue weighted by Gasteiger charge is -2.43. The van der Waals surface area contributed by atoms with E-state index in [1.807, 2.05) is 54.6 Å². The summed E-state index contributed by atoms with van der Waals surface area (Å²) in [6.07, 6.45) is 0. The maximum atomic E-state index is 14.7. The van der Waals surface area contributed by atoms with Crippen LogP contribution < -0.4 is 14.5 Å². The highest BCUT2D eigenvalue weighted by Gasteiger charge is 2.43. The molecule has 0 atom stereocenters. The standard InChI is InChI=1S/C50H38N2O3S/c1-49(2)37-17-9-10-18-41(37)51(47-35-15-7-5-13-31(35)21-25-38(47)49)33-23-27-45-39(29-33)50(3,4)40-30-34(24-28-46(40)56(45,53)54)52-42-19-11-12-20-43(42)55-44-26-22-32-14-6-8-16-36(32)48(44)52/h5-30H,1-4H3. The van der Waals surface area contributed by atoms with Gasteiger partial charge in [-0.25, -0.2) is 8.42 Å². The van der Waals surface area contributed by atoms with E-state index in [1.165, 1.54) is 11.1 Å². The first-order valence-corrected chi connectivity index (χ1v) is 20.6. The molecule has 0 N–H and O–H groups in total. The molecule has 11 rings (SSSR count). The molecule has 0 saturated carbocycles. The number of anilines is 6. The number of benzene rings is 8. The summed E-state index contributed by atoms with van der Waals surface area (Å²) in [7, 11) is -3.86. The van der Waals surface area contributed by atoms with Gasteiger partial charge in [0, 0.05) is 33.0 Å². The topological polar surface area (TPSA) is 49.9 Å². The lowest BCUT2D eigenvalue weighted by molar-refractivity contribution is 0.478. The van der Waals surface area contributed by atoms with E-state index in [-0.39, 0.29) is 5.41 Å². The summed E-state index contributed by atoms with van der Waals surface area (Å²) in [6, 6.07) is 53.8. The van der Waals surface area contributed by atoms with Gasteiger partial charge in [-0.3, -0.25) is 0 Å². The van der Waals surface area contributed by atoms with Crippen LogP contribution in [0.25, 0.3) is 21.5 Å². The van der Waals surface area contributed by atoms with Crippen molar-refractivity contribution in [3.05, 3.63) is 180 Å². The molecule has 272 valence electrons. The first-order chi connectivity index (χ1) is 27.0. The van der Waals surface area contributed by atoms with Gasteiger partial charge in [0.15, 0.2) is 11.5 Å². The Morgan fingerprint density at radius 2 is 0.964 bits per heavy atom. The Bertz CT molecular complexity index is 3110. The second kappa shape index (κ2) is 11.3. The molecule has 0 fully saturated rings. The van der Waals surface area contributed by atoms with Crippen LogP contribution in [0.4, 0.5) is 34.1 Å². The average molecular weight is 747 g/mol. The van der Waals surface area contributed by atoms with E-state index in [0.29, 0.717) is 9.79 Å². The number of hydrogen-bond acceptors (Lipinski definition) is 5. The van der Waals surface area contributed by atoms with Crippen LogP contribution in [0.15, 0.2) is 168 Å². The first kappa shape index (κ1) is 33.0. The lowest BCUT2D eigenvalue weighted by atomic mass is 9.72. The second-order valence-corrected chi connectivity index (χ2v) is 18.1. The Morgan fingerprint density at radius 3 is 1.64 bits per heavy atom. The van der Waals surface area contributed by atoms with Crippen LogP contribution in [0.3, 0.4) is 0 Å². The third kappa shape index (κ3) is 4.39. The fraction of sp³-hybridized carbons (Fsp3) is 0.120. The highest BCUT2D eigenvalue weighted by Crippen LogP contribution is 2.57. The molecule has 3 aliphatic rings. The maximum Gasteiger partial charge on any atom is 0.207 e. The minimum Gasteiger partial charge on any atom is -0.453 e. The van der Waals surface area contributed by atoms with Crippen LogP contribution in [-0.4, -0.2) is 8.42 Å². The van der Waals surface area contributed by atoms with E-state index in [9.17, 15) is 8.42 Å². The summed E-state index contributed by atoms with van der Waals surface area (Å²) in [6.45, 7) is 8.89. The van der Waals surface area contributed by atoms with Crippen molar-refractivity contribution in [1.82, 2.24) is 0 Å². The Balaban J connectivity index is 1.12. The molecule has 56 heavy (non-hydrogen) atoms. The van der Waals surface area contributed by atoms with Crippen molar-refractivity contribution in [2.75, 3.05) is 9.80 Å². The van der Waals surface area contributed by atoms with E-state index in [2.05, 4.69) is 135 Å². The zero-order chi connectivity index (χ0) is 38.1. The lowest BCUT2D eigenvalue weighted by Crippen LogP contribution is -2.32. The van der Waals surface area contributed by atoms with E-state index in [1.54, 1.807) is 6.07 Å². The SMILES string of the molecule is CC1(C)c2cc(N3c4ccccc4Oc4ccc5ccccc5c43)ccc2S(=O)(=O)c2ccc(N3c4ccccc4C(C)(C)c4ccc5ccccc5c43)cc21. The second-order valence-electron chi connectivity index (χ2n) is 16.2. The Labute approximate surface area is 327 Å². The van der Waals surface area contributed by atoms with Gasteiger partial charge in [-0.2, -0.15) is 0 Å². The molecule has 0 aromatic heterocycles. The summed E-state index contributed by atoms with van der Waals surface area (Å²) in [5, 5.41) is 4.47. The molecule has 0 spiro atoms. The molecule has 8 aromatic rings. The van der Waals surface area contributed by atoms with Crippen LogP contribution in [0.1, 0.15) is 49.9 Å². The normalized spacial score (nSPS) is 16.5. The van der Waals surface area contributed by atoms with Gasteiger partial charge >= 0.3 is 0 Å². The summed E-state index contributed by atoms with van der Waals surface area (Å²) >= 11 is 0. The third-order valence-electron chi connectivity index (χ3n) is 12.4. The highest BCUT2D eigenvalue weighted by molar-refractivity contribution is 7.91. The van der Waals surface area contributed by atoms with Crippen LogP contribution in [0.5, 0.6) is 11.5 Å². The molecular weight excluding hydrogens is 709 g/mol. The summed E-state index contributed by atoms with van der Waals surface area (Å²) in [5.41, 5.74) is 8.91. The predicted octanol–water partition coefficient (Wildman–Crippen LogP) is 13.1. The van der Waals surface area contributed by atoms with Gasteiger partial charge in [0.05, 0.1) is 32.5 Å². The van der Waals surface area contributed by atoms with Gasteiger partial charge in [0.2, 0.25) is 9.84 Å². The van der Waals surface area contributed by atoms with Gasteiger partial charge in [0.1, 0.15) is 0 Å². The number of nitrogens with zero attached hydrogens (tertiary/aromatic N) is 2. The molecule has 3 aliphatic heterocycles. The molecule has 8 aromatic carbocycles. The Hall–Kier alpha value is -6.37. The number of ether oxygens (including phenoxy) is 1. The Morgan fingerprint density at radius 1 is 0.446 bits per heavy atom. The van der Waals surface area contributed by atoms with Gasteiger partial charge < -0.3 is 14.5 Å². The molecule has 0 saturated heterocycles. The van der Waals surface area contributed by atoms with Crippen molar-refractivity contribution < 1.29 is 13.2 Å². The molecule has 0 radical (unpaired) electrons. The van der Waals surface area contributed by atoms with Crippen molar-refractivity contribution in [1.29, 1.82) is 0 Å². The zero-order valence-electron chi connectivity index (χ0n) is 31.5. The molecule has 5 nitrogen and oxygen atoms in total. The fourth-order valence-electron chi connectivity index (χ4n) is 9.54. The van der Waals surface area contributed by atoms with Gasteiger partial charge in [-0.15, -0.1) is 0 Å². The quantitative estimate of drug-likeness (QED) is 0.176. The van der Waals surface area contributed by atoms with Crippen molar-refractivity contribution >= 4 is 65.5 Å². The summed E-state index contributed by atoms with van der Waals surface area (Å²) in [4.78, 5) is 5.26. The molecule has 0 bridgehead atoms. The van der Waals surface area contributed by atoms with Crippen molar-refractivity contribution in [3.8, 4) is 11.5 Å². The van der Waals surface area contributed by atoms with Gasteiger partial charge in [0.25, 0.3) is 0 Å². The summed E-state index contributed by atoms with van der Waals surface area (Å²) in [5.74, 6) is 1.49. The van der Waals surface area contributed by atoms with Crippen molar-refractivity contribution in [2.24, 2.45) is 0 Å². The fourth-order valence-corrected chi connectivity index (χ4v) is 11.5. The van der Waals surface area contributed by atoms with Crippen LogP contribution in [0.2, 0.25) is 0 Å². The summed E-state index contributed by atoms with van der Waals surface area (Å²) < 4.78 is 36.0. The monoisotopic (exact) mass is 746 g/mol. The average Bonchev–Trinajstić information content (AvgIpc) is 3.22. The van der Waals surface area contributed by atoms with E-state index < -0.39 is 15.3 Å². The highest BCUT2D eigenvalue weighted by atomic mass is 32.2. The largest absolute Gasteiger partial charge is 0.453 e. The molecular formula is C50H38N2O3S. The minimum absolute atomic E-state index is 0.249. The third-order valence-corrected chi connectivity index (χ3v) is 14.3. The molecule has 3 heterocycles. The smallest absolute Gasteiger partial charge is 0.207 e. The van der Waals surface area contributed by atoms with E-state index in [4.69, 9.17) is 4.74 Å². The van der Waals surface area contributed by atoms with Gasteiger partial charge in [-0.1, -0.05) is 125 Å². The molecule has 6 heteroatoms. The van der Waals surface area contributed by atoms with Crippen LogP contribution >= 0.6 is 0 Å². The number of sulfone groups is 1. The van der Waals surface area contributed by atoms with Crippen molar-refractivity contribution in [2.45, 2.75) is 48.3 Å².